The van der Waals surface area contributed by atoms with Crippen LogP contribution in [0.15, 0.2) is 35.3 Å². The molecule has 0 radical (unpaired) electrons. The quantitative estimate of drug-likeness (QED) is 0.309. The van der Waals surface area contributed by atoms with Crippen molar-refractivity contribution in [3.05, 3.63) is 35.9 Å². The van der Waals surface area contributed by atoms with Crippen LogP contribution in [0.1, 0.15) is 46.1 Å². The van der Waals surface area contributed by atoms with Crippen LogP contribution < -0.4 is 10.6 Å². The molecule has 0 spiro atoms. The topological polar surface area (TPSA) is 42.9 Å². The fraction of sp³-hybridized carbons (Fsp3) is 0.682. The number of halogens is 1. The van der Waals surface area contributed by atoms with Crippen LogP contribution >= 0.6 is 24.0 Å². The highest BCUT2D eigenvalue weighted by atomic mass is 127. The molecule has 1 aromatic rings. The lowest BCUT2D eigenvalue weighted by Gasteiger charge is -2.38. The van der Waals surface area contributed by atoms with E-state index in [0.29, 0.717) is 12.1 Å². The van der Waals surface area contributed by atoms with E-state index in [1.807, 2.05) is 0 Å². The highest BCUT2D eigenvalue weighted by Gasteiger charge is 2.25. The number of piperidine rings is 1. The molecule has 0 aliphatic carbocycles. The molecule has 0 aromatic heterocycles. The molecule has 1 heterocycles. The van der Waals surface area contributed by atoms with Crippen molar-refractivity contribution in [1.29, 1.82) is 0 Å². The Kier molecular flexibility index (Phi) is 12.7. The first-order valence-corrected chi connectivity index (χ1v) is 10.7. The fourth-order valence-corrected chi connectivity index (χ4v) is 3.76. The van der Waals surface area contributed by atoms with Gasteiger partial charge in [-0.2, -0.15) is 0 Å². The van der Waals surface area contributed by atoms with Gasteiger partial charge in [0, 0.05) is 38.3 Å². The van der Waals surface area contributed by atoms with Crippen molar-refractivity contribution < 1.29 is 0 Å². The Morgan fingerprint density at radius 3 is 2.50 bits per heavy atom. The van der Waals surface area contributed by atoms with Crippen molar-refractivity contribution in [2.75, 3.05) is 39.3 Å². The minimum atomic E-state index is 0. The number of hydrogen-bond donors (Lipinski definition) is 2. The molecule has 1 aliphatic rings. The number of nitrogens with one attached hydrogen (secondary N) is 2. The second-order valence-corrected chi connectivity index (χ2v) is 7.46. The first-order valence-electron chi connectivity index (χ1n) is 10.7. The summed E-state index contributed by atoms with van der Waals surface area (Å²) in [5.74, 6) is 0.971. The van der Waals surface area contributed by atoms with E-state index in [4.69, 9.17) is 4.99 Å². The average Bonchev–Trinajstić information content (AvgIpc) is 2.68. The van der Waals surface area contributed by atoms with E-state index < -0.39 is 0 Å². The zero-order chi connectivity index (χ0) is 19.5. The Hall–Kier alpha value is -0.860. The first-order chi connectivity index (χ1) is 13.2. The molecule has 2 N–H and O–H groups in total. The summed E-state index contributed by atoms with van der Waals surface area (Å²) in [6, 6.07) is 11.9. The predicted octanol–water partition coefficient (Wildman–Crippen LogP) is 3.55. The van der Waals surface area contributed by atoms with Gasteiger partial charge in [-0.05, 0) is 45.3 Å². The van der Waals surface area contributed by atoms with Crippen LogP contribution in [0.5, 0.6) is 0 Å². The van der Waals surface area contributed by atoms with Crippen LogP contribution in [0.2, 0.25) is 0 Å². The maximum Gasteiger partial charge on any atom is 0.191 e. The van der Waals surface area contributed by atoms with Gasteiger partial charge in [-0.1, -0.05) is 44.2 Å². The summed E-state index contributed by atoms with van der Waals surface area (Å²) in [4.78, 5) is 9.80. The molecule has 28 heavy (non-hydrogen) atoms. The van der Waals surface area contributed by atoms with Crippen molar-refractivity contribution in [1.82, 2.24) is 20.4 Å². The van der Waals surface area contributed by atoms with Crippen LogP contribution in [0.3, 0.4) is 0 Å². The zero-order valence-electron chi connectivity index (χ0n) is 18.2. The summed E-state index contributed by atoms with van der Waals surface area (Å²) in [7, 11) is 0. The van der Waals surface area contributed by atoms with Gasteiger partial charge in [-0.15, -0.1) is 24.0 Å². The number of benzene rings is 1. The third-order valence-electron chi connectivity index (χ3n) is 5.51. The smallest absolute Gasteiger partial charge is 0.191 e. The normalized spacial score (nSPS) is 20.7. The molecule has 0 bridgehead atoms. The number of rotatable bonds is 9. The molecule has 1 fully saturated rings. The summed E-state index contributed by atoms with van der Waals surface area (Å²) < 4.78 is 0. The standard InChI is InChI=1S/C22H39N5.HI/c1-5-23-22(24-14-16-26(6-2)7-3)25-21-13-15-27(19(4)17-21)18-20-11-9-8-10-12-20;/h8-12,19,21H,5-7,13-18H2,1-4H3,(H2,23,24,25);1H. The van der Waals surface area contributed by atoms with Gasteiger partial charge in [0.05, 0.1) is 6.54 Å². The molecule has 0 saturated carbocycles. The predicted molar refractivity (Wildman–Crippen MR) is 132 cm³/mol. The third kappa shape index (κ3) is 8.66. The summed E-state index contributed by atoms with van der Waals surface area (Å²) in [6.07, 6.45) is 2.32. The molecule has 160 valence electrons. The Balaban J connectivity index is 0.00000392. The van der Waals surface area contributed by atoms with Crippen LogP contribution in [-0.4, -0.2) is 67.1 Å². The van der Waals surface area contributed by atoms with Gasteiger partial charge in [0.2, 0.25) is 0 Å². The molecule has 1 aliphatic heterocycles. The van der Waals surface area contributed by atoms with Gasteiger partial charge in [0.15, 0.2) is 5.96 Å². The minimum absolute atomic E-state index is 0. The van der Waals surface area contributed by atoms with Gasteiger partial charge in [0.25, 0.3) is 0 Å². The molecule has 2 rings (SSSR count). The number of likely N-dealkylation sites (tertiary alicyclic amines) is 1. The van der Waals surface area contributed by atoms with Crippen molar-refractivity contribution >= 4 is 29.9 Å². The fourth-order valence-electron chi connectivity index (χ4n) is 3.76. The van der Waals surface area contributed by atoms with E-state index in [-0.39, 0.29) is 24.0 Å². The maximum atomic E-state index is 4.79. The van der Waals surface area contributed by atoms with Gasteiger partial charge >= 0.3 is 0 Å². The summed E-state index contributed by atoms with van der Waals surface area (Å²) in [5, 5.41) is 7.09. The van der Waals surface area contributed by atoms with Crippen LogP contribution in [0, 0.1) is 0 Å². The number of hydrogen-bond acceptors (Lipinski definition) is 3. The summed E-state index contributed by atoms with van der Waals surface area (Å²) in [6.45, 7) is 16.0. The van der Waals surface area contributed by atoms with E-state index in [2.05, 4.69) is 78.5 Å². The molecule has 5 nitrogen and oxygen atoms in total. The largest absolute Gasteiger partial charge is 0.357 e. The SMILES string of the molecule is CCNC(=NCCN(CC)CC)NC1CCN(Cc2ccccc2)C(C)C1.I. The summed E-state index contributed by atoms with van der Waals surface area (Å²) >= 11 is 0. The van der Waals surface area contributed by atoms with E-state index in [9.17, 15) is 0 Å². The van der Waals surface area contributed by atoms with Gasteiger partial charge in [-0.25, -0.2) is 0 Å². The lowest BCUT2D eigenvalue weighted by molar-refractivity contribution is 0.134. The molecule has 1 aromatic carbocycles. The van der Waals surface area contributed by atoms with Crippen molar-refractivity contribution in [2.45, 2.75) is 59.2 Å². The second-order valence-electron chi connectivity index (χ2n) is 7.46. The lowest BCUT2D eigenvalue weighted by atomic mass is 9.97. The molecule has 2 unspecified atom stereocenters. The molecule has 2 atom stereocenters. The molecule has 0 amide bonds. The van der Waals surface area contributed by atoms with E-state index >= 15 is 0 Å². The van der Waals surface area contributed by atoms with Gasteiger partial charge < -0.3 is 15.5 Å². The van der Waals surface area contributed by atoms with Crippen molar-refractivity contribution in [2.24, 2.45) is 4.99 Å². The molecule has 1 saturated heterocycles. The monoisotopic (exact) mass is 501 g/mol. The Bertz CT molecular complexity index is 547. The average molecular weight is 502 g/mol. The number of aliphatic imine (C=N–C) groups is 1. The van der Waals surface area contributed by atoms with Crippen molar-refractivity contribution in [3.8, 4) is 0 Å². The Morgan fingerprint density at radius 1 is 1.18 bits per heavy atom. The van der Waals surface area contributed by atoms with Crippen LogP contribution in [0.4, 0.5) is 0 Å². The Labute approximate surface area is 189 Å². The first kappa shape index (κ1) is 25.2. The Morgan fingerprint density at radius 2 is 1.89 bits per heavy atom. The van der Waals surface area contributed by atoms with E-state index in [1.54, 1.807) is 0 Å². The second kappa shape index (κ2) is 14.2. The van der Waals surface area contributed by atoms with Gasteiger partial charge in [-0.3, -0.25) is 9.89 Å². The number of likely N-dealkylation sites (N-methyl/N-ethyl adjacent to an activating group) is 1. The molecular weight excluding hydrogens is 461 g/mol. The van der Waals surface area contributed by atoms with E-state index in [0.717, 1.165) is 64.6 Å². The minimum Gasteiger partial charge on any atom is -0.357 e. The number of nitrogens with zero attached hydrogens (tertiary/aromatic N) is 3. The van der Waals surface area contributed by atoms with Gasteiger partial charge in [0.1, 0.15) is 0 Å². The van der Waals surface area contributed by atoms with Crippen LogP contribution in [-0.2, 0) is 6.54 Å². The summed E-state index contributed by atoms with van der Waals surface area (Å²) in [5.41, 5.74) is 1.40. The maximum absolute atomic E-state index is 4.79. The molecular formula is C22H40IN5. The van der Waals surface area contributed by atoms with Crippen molar-refractivity contribution in [3.63, 3.8) is 0 Å². The van der Waals surface area contributed by atoms with Crippen LogP contribution in [0.25, 0.3) is 0 Å². The molecule has 6 heteroatoms. The lowest BCUT2D eigenvalue weighted by Crippen LogP contribution is -2.51. The van der Waals surface area contributed by atoms with E-state index in [1.165, 1.54) is 5.56 Å². The zero-order valence-corrected chi connectivity index (χ0v) is 20.5. The number of guanidine groups is 1. The highest BCUT2D eigenvalue weighted by Crippen LogP contribution is 2.19. The highest BCUT2D eigenvalue weighted by molar-refractivity contribution is 14.0. The third-order valence-corrected chi connectivity index (χ3v) is 5.51.